The van der Waals surface area contributed by atoms with Crippen molar-refractivity contribution < 1.29 is 13.5 Å². The molecule has 1 aromatic rings. The van der Waals surface area contributed by atoms with E-state index < -0.39 is 11.6 Å². The third kappa shape index (κ3) is 2.97. The molecule has 2 saturated heterocycles. The van der Waals surface area contributed by atoms with Crippen molar-refractivity contribution in [3.05, 3.63) is 28.2 Å². The van der Waals surface area contributed by atoms with Crippen LogP contribution >= 0.6 is 27.7 Å². The number of anilines is 1. The van der Waals surface area contributed by atoms with E-state index in [0.717, 1.165) is 30.8 Å². The Kier molecular flexibility index (Phi) is 4.24. The van der Waals surface area contributed by atoms with Gasteiger partial charge >= 0.3 is 0 Å². The van der Waals surface area contributed by atoms with Crippen LogP contribution < -0.4 is 5.32 Å². The molecule has 2 nitrogen and oxygen atoms in total. The van der Waals surface area contributed by atoms with Crippen molar-refractivity contribution in [2.24, 2.45) is 0 Å². The highest BCUT2D eigenvalue weighted by atomic mass is 79.9. The molecule has 0 amide bonds. The van der Waals surface area contributed by atoms with Gasteiger partial charge in [-0.05, 0) is 37.1 Å². The van der Waals surface area contributed by atoms with Crippen LogP contribution in [0.25, 0.3) is 0 Å². The smallest absolute Gasteiger partial charge is 0.150 e. The first-order chi connectivity index (χ1) is 9.58. The Morgan fingerprint density at radius 3 is 2.75 bits per heavy atom. The molecule has 3 rings (SSSR count). The van der Waals surface area contributed by atoms with Gasteiger partial charge < -0.3 is 10.1 Å². The first-order valence-electron chi connectivity index (χ1n) is 6.71. The molecule has 2 aliphatic heterocycles. The minimum absolute atomic E-state index is 0.0269. The van der Waals surface area contributed by atoms with Crippen molar-refractivity contribution in [3.63, 3.8) is 0 Å². The topological polar surface area (TPSA) is 21.3 Å². The fourth-order valence-electron chi connectivity index (χ4n) is 2.90. The van der Waals surface area contributed by atoms with Crippen molar-refractivity contribution in [1.82, 2.24) is 0 Å². The summed E-state index contributed by atoms with van der Waals surface area (Å²) in [6.07, 6.45) is 2.62. The molecule has 2 fully saturated rings. The average molecular weight is 364 g/mol. The van der Waals surface area contributed by atoms with Crippen LogP contribution in [0.2, 0.25) is 0 Å². The lowest BCUT2D eigenvalue weighted by Crippen LogP contribution is -2.44. The minimum Gasteiger partial charge on any atom is -0.377 e. The summed E-state index contributed by atoms with van der Waals surface area (Å²) in [5.41, 5.74) is -0.121. The van der Waals surface area contributed by atoms with E-state index in [4.69, 9.17) is 4.74 Å². The van der Waals surface area contributed by atoms with E-state index in [9.17, 15) is 8.78 Å². The molecule has 0 bridgehead atoms. The molecule has 0 radical (unpaired) electrons. The molecule has 2 aliphatic rings. The molecule has 2 unspecified atom stereocenters. The van der Waals surface area contributed by atoms with Crippen LogP contribution in [0.4, 0.5) is 14.5 Å². The molecule has 1 N–H and O–H groups in total. The van der Waals surface area contributed by atoms with Crippen molar-refractivity contribution in [2.75, 3.05) is 23.4 Å². The number of benzene rings is 1. The fraction of sp³-hybridized carbons (Fsp3) is 0.571. The summed E-state index contributed by atoms with van der Waals surface area (Å²) in [4.78, 5) is 0. The maximum atomic E-state index is 13.9. The van der Waals surface area contributed by atoms with Gasteiger partial charge in [0.15, 0.2) is 0 Å². The second kappa shape index (κ2) is 5.81. The normalized spacial score (nSPS) is 29.9. The highest BCUT2D eigenvalue weighted by molar-refractivity contribution is 9.10. The maximum Gasteiger partial charge on any atom is 0.150 e. The van der Waals surface area contributed by atoms with E-state index in [1.807, 2.05) is 11.8 Å². The van der Waals surface area contributed by atoms with Crippen LogP contribution in [-0.4, -0.2) is 29.8 Å². The quantitative estimate of drug-likeness (QED) is 0.850. The highest BCUT2D eigenvalue weighted by Crippen LogP contribution is 2.39. The lowest BCUT2D eigenvalue weighted by Gasteiger charge is -2.38. The summed E-state index contributed by atoms with van der Waals surface area (Å²) in [7, 11) is 0. The Bertz CT molecular complexity index is 485. The molecular weight excluding hydrogens is 348 g/mol. The van der Waals surface area contributed by atoms with Crippen LogP contribution in [0.3, 0.4) is 0 Å². The minimum atomic E-state index is -0.557. The van der Waals surface area contributed by atoms with E-state index in [2.05, 4.69) is 21.2 Å². The average Bonchev–Trinajstić information content (AvgIpc) is 2.82. The Morgan fingerprint density at radius 2 is 2.10 bits per heavy atom. The SMILES string of the molecule is Fc1cc(Br)cc(F)c1NC1CCOC2(CCSC2)C1. The van der Waals surface area contributed by atoms with E-state index in [0.29, 0.717) is 11.1 Å². The number of thioether (sulfide) groups is 1. The summed E-state index contributed by atoms with van der Waals surface area (Å²) >= 11 is 4.98. The van der Waals surface area contributed by atoms with Crippen LogP contribution in [0.5, 0.6) is 0 Å². The monoisotopic (exact) mass is 363 g/mol. The highest BCUT2D eigenvalue weighted by Gasteiger charge is 2.40. The van der Waals surface area contributed by atoms with Gasteiger partial charge in [0.05, 0.1) is 5.60 Å². The number of nitrogens with one attached hydrogen (secondary N) is 1. The molecule has 0 aliphatic carbocycles. The van der Waals surface area contributed by atoms with Crippen molar-refractivity contribution in [1.29, 1.82) is 0 Å². The lowest BCUT2D eigenvalue weighted by molar-refractivity contribution is -0.0628. The number of hydrogen-bond donors (Lipinski definition) is 1. The molecule has 6 heteroatoms. The third-order valence-corrected chi connectivity index (χ3v) is 5.60. The van der Waals surface area contributed by atoms with Crippen LogP contribution in [0, 0.1) is 11.6 Å². The van der Waals surface area contributed by atoms with E-state index in [-0.39, 0.29) is 17.3 Å². The third-order valence-electron chi connectivity index (χ3n) is 3.92. The first kappa shape index (κ1) is 14.6. The van der Waals surface area contributed by atoms with Crippen LogP contribution in [0.1, 0.15) is 19.3 Å². The standard InChI is InChI=1S/C14H16BrF2NOS/c15-9-5-11(16)13(12(17)6-9)18-10-1-3-19-14(7-10)2-4-20-8-14/h5-6,10,18H,1-4,7-8H2. The number of halogens is 3. The second-order valence-electron chi connectivity index (χ2n) is 5.41. The molecule has 20 heavy (non-hydrogen) atoms. The molecular formula is C14H16BrF2NOS. The first-order valence-corrected chi connectivity index (χ1v) is 8.66. The Labute approximate surface area is 129 Å². The molecule has 0 aromatic heterocycles. The van der Waals surface area contributed by atoms with E-state index in [1.165, 1.54) is 12.1 Å². The molecule has 1 aromatic carbocycles. The van der Waals surface area contributed by atoms with E-state index in [1.54, 1.807) is 0 Å². The summed E-state index contributed by atoms with van der Waals surface area (Å²) in [5, 5.41) is 3.04. The van der Waals surface area contributed by atoms with E-state index >= 15 is 0 Å². The zero-order valence-electron chi connectivity index (χ0n) is 10.9. The Hall–Kier alpha value is -0.330. The van der Waals surface area contributed by atoms with Gasteiger partial charge in [0, 0.05) is 22.9 Å². The number of ether oxygens (including phenoxy) is 1. The number of hydrogen-bond acceptors (Lipinski definition) is 3. The van der Waals surface area contributed by atoms with Crippen molar-refractivity contribution >= 4 is 33.4 Å². The maximum absolute atomic E-state index is 13.9. The van der Waals surface area contributed by atoms with Gasteiger partial charge in [-0.25, -0.2) is 8.78 Å². The summed E-state index contributed by atoms with van der Waals surface area (Å²) in [5.74, 6) is 0.973. The zero-order chi connectivity index (χ0) is 14.2. The zero-order valence-corrected chi connectivity index (χ0v) is 13.3. The fourth-order valence-corrected chi connectivity index (χ4v) is 4.68. The molecule has 110 valence electrons. The van der Waals surface area contributed by atoms with Gasteiger partial charge in [0.2, 0.25) is 0 Å². The van der Waals surface area contributed by atoms with Gasteiger partial charge in [-0.2, -0.15) is 11.8 Å². The Morgan fingerprint density at radius 1 is 1.35 bits per heavy atom. The van der Waals surface area contributed by atoms with Gasteiger partial charge in [0.25, 0.3) is 0 Å². The summed E-state index contributed by atoms with van der Waals surface area (Å²) in [6.45, 7) is 0.651. The largest absolute Gasteiger partial charge is 0.377 e. The lowest BCUT2D eigenvalue weighted by atomic mass is 9.89. The second-order valence-corrected chi connectivity index (χ2v) is 7.43. The van der Waals surface area contributed by atoms with Gasteiger partial charge in [0.1, 0.15) is 17.3 Å². The molecule has 1 spiro atoms. The van der Waals surface area contributed by atoms with Crippen molar-refractivity contribution in [2.45, 2.75) is 30.9 Å². The summed E-state index contributed by atoms with van der Waals surface area (Å²) < 4.78 is 34.1. The molecule has 0 saturated carbocycles. The van der Waals surface area contributed by atoms with Gasteiger partial charge in [-0.15, -0.1) is 0 Å². The van der Waals surface area contributed by atoms with Crippen LogP contribution in [-0.2, 0) is 4.74 Å². The van der Waals surface area contributed by atoms with Crippen LogP contribution in [0.15, 0.2) is 16.6 Å². The Balaban J connectivity index is 1.74. The predicted octanol–water partition coefficient (Wildman–Crippen LogP) is 4.19. The molecule has 2 heterocycles. The molecule has 2 atom stereocenters. The predicted molar refractivity (Wildman–Crippen MR) is 81.3 cm³/mol. The van der Waals surface area contributed by atoms with Gasteiger partial charge in [-0.1, -0.05) is 15.9 Å². The van der Waals surface area contributed by atoms with Gasteiger partial charge in [-0.3, -0.25) is 0 Å². The van der Waals surface area contributed by atoms with Crippen molar-refractivity contribution in [3.8, 4) is 0 Å². The number of rotatable bonds is 2. The summed E-state index contributed by atoms with van der Waals surface area (Å²) in [6, 6.07) is 2.63.